The highest BCUT2D eigenvalue weighted by atomic mass is 79.9. The number of carbonyl (C=O) groups excluding carboxylic acids is 1. The third-order valence-electron chi connectivity index (χ3n) is 2.36. The summed E-state index contributed by atoms with van der Waals surface area (Å²) in [6, 6.07) is 1.96. The summed E-state index contributed by atoms with van der Waals surface area (Å²) in [6.45, 7) is 3.99. The van der Waals surface area contributed by atoms with Crippen molar-refractivity contribution < 1.29 is 9.32 Å². The molecule has 0 radical (unpaired) electrons. The van der Waals surface area contributed by atoms with E-state index in [1.165, 1.54) is 0 Å². The first-order chi connectivity index (χ1) is 8.09. The zero-order chi connectivity index (χ0) is 12.4. The highest BCUT2D eigenvalue weighted by molar-refractivity contribution is 9.10. The average Bonchev–Trinajstić information content (AvgIpc) is 2.83. The molecule has 4 nitrogen and oxygen atoms in total. The van der Waals surface area contributed by atoms with Gasteiger partial charge in [0.1, 0.15) is 11.3 Å². The van der Waals surface area contributed by atoms with E-state index in [1.807, 2.05) is 11.4 Å². The standard InChI is InChI=1S/C11H11BrN2O2S/c1-6-10(7(2)16-14-6)11(15)13-5-9-8(12)3-4-17-9/h3-4H,5H2,1-2H3,(H,13,15). The van der Waals surface area contributed by atoms with Gasteiger partial charge in [-0.05, 0) is 41.2 Å². The lowest BCUT2D eigenvalue weighted by molar-refractivity contribution is 0.0949. The molecule has 1 amide bonds. The molecule has 2 rings (SSSR count). The van der Waals surface area contributed by atoms with Crippen LogP contribution in [0.2, 0.25) is 0 Å². The maximum atomic E-state index is 11.9. The molecule has 0 spiro atoms. The fourth-order valence-electron chi connectivity index (χ4n) is 1.51. The largest absolute Gasteiger partial charge is 0.361 e. The van der Waals surface area contributed by atoms with E-state index in [9.17, 15) is 4.79 Å². The van der Waals surface area contributed by atoms with Gasteiger partial charge in [0.05, 0.1) is 12.2 Å². The molecule has 0 bridgehead atoms. The highest BCUT2D eigenvalue weighted by Crippen LogP contribution is 2.22. The number of nitrogens with one attached hydrogen (secondary N) is 1. The smallest absolute Gasteiger partial charge is 0.257 e. The monoisotopic (exact) mass is 314 g/mol. The molecule has 2 aromatic rings. The first kappa shape index (κ1) is 12.3. The van der Waals surface area contributed by atoms with Crippen LogP contribution in [0.4, 0.5) is 0 Å². The van der Waals surface area contributed by atoms with E-state index in [1.54, 1.807) is 25.2 Å². The first-order valence-electron chi connectivity index (χ1n) is 5.02. The molecule has 1 N–H and O–H groups in total. The summed E-state index contributed by atoms with van der Waals surface area (Å²) in [4.78, 5) is 13.0. The van der Waals surface area contributed by atoms with Crippen LogP contribution in [-0.2, 0) is 6.54 Å². The first-order valence-corrected chi connectivity index (χ1v) is 6.70. The van der Waals surface area contributed by atoms with Gasteiger partial charge >= 0.3 is 0 Å². The maximum Gasteiger partial charge on any atom is 0.257 e. The Morgan fingerprint density at radius 1 is 1.59 bits per heavy atom. The van der Waals surface area contributed by atoms with Gasteiger partial charge in [0.2, 0.25) is 0 Å². The average molecular weight is 315 g/mol. The lowest BCUT2D eigenvalue weighted by Crippen LogP contribution is -2.23. The van der Waals surface area contributed by atoms with Crippen molar-refractivity contribution in [2.45, 2.75) is 20.4 Å². The van der Waals surface area contributed by atoms with Crippen molar-refractivity contribution >= 4 is 33.2 Å². The van der Waals surface area contributed by atoms with E-state index >= 15 is 0 Å². The van der Waals surface area contributed by atoms with Crippen LogP contribution >= 0.6 is 27.3 Å². The summed E-state index contributed by atoms with van der Waals surface area (Å²) in [6.07, 6.45) is 0. The molecule has 0 aliphatic rings. The predicted molar refractivity (Wildman–Crippen MR) is 69.2 cm³/mol. The van der Waals surface area contributed by atoms with Crippen LogP contribution in [0, 0.1) is 13.8 Å². The number of hydrogen-bond acceptors (Lipinski definition) is 4. The molecular formula is C11H11BrN2O2S. The second kappa shape index (κ2) is 5.01. The molecule has 0 aliphatic carbocycles. The quantitative estimate of drug-likeness (QED) is 0.947. The number of carbonyl (C=O) groups is 1. The van der Waals surface area contributed by atoms with Crippen LogP contribution < -0.4 is 5.32 Å². The molecule has 6 heteroatoms. The number of hydrogen-bond donors (Lipinski definition) is 1. The molecule has 90 valence electrons. The molecule has 2 heterocycles. The maximum absolute atomic E-state index is 11.9. The predicted octanol–water partition coefficient (Wildman–Crippen LogP) is 3.05. The minimum atomic E-state index is -0.151. The van der Waals surface area contributed by atoms with Crippen molar-refractivity contribution in [1.29, 1.82) is 0 Å². The van der Waals surface area contributed by atoms with E-state index in [4.69, 9.17) is 4.52 Å². The Bertz CT molecular complexity index is 528. The number of thiophene rings is 1. The zero-order valence-corrected chi connectivity index (χ0v) is 11.8. The van der Waals surface area contributed by atoms with Gasteiger partial charge in [-0.1, -0.05) is 5.16 Å². The second-order valence-electron chi connectivity index (χ2n) is 3.57. The summed E-state index contributed by atoms with van der Waals surface area (Å²) in [7, 11) is 0. The van der Waals surface area contributed by atoms with Gasteiger partial charge in [-0.15, -0.1) is 11.3 Å². The highest BCUT2D eigenvalue weighted by Gasteiger charge is 2.17. The Morgan fingerprint density at radius 3 is 2.88 bits per heavy atom. The fourth-order valence-corrected chi connectivity index (χ4v) is 2.94. The van der Waals surface area contributed by atoms with Gasteiger partial charge in [0.25, 0.3) is 5.91 Å². The zero-order valence-electron chi connectivity index (χ0n) is 9.41. The lowest BCUT2D eigenvalue weighted by atomic mass is 10.2. The fraction of sp³-hybridized carbons (Fsp3) is 0.273. The van der Waals surface area contributed by atoms with Crippen LogP contribution in [0.1, 0.15) is 26.7 Å². The van der Waals surface area contributed by atoms with Crippen LogP contribution in [-0.4, -0.2) is 11.1 Å². The normalized spacial score (nSPS) is 10.5. The SMILES string of the molecule is Cc1noc(C)c1C(=O)NCc1sccc1Br. The van der Waals surface area contributed by atoms with Crippen LogP contribution in [0.15, 0.2) is 20.4 Å². The number of amides is 1. The number of rotatable bonds is 3. The molecule has 0 aromatic carbocycles. The number of nitrogens with zero attached hydrogens (tertiary/aromatic N) is 1. The Kier molecular flexibility index (Phi) is 3.63. The Hall–Kier alpha value is -1.14. The third kappa shape index (κ3) is 2.58. The van der Waals surface area contributed by atoms with E-state index in [0.717, 1.165) is 9.35 Å². The second-order valence-corrected chi connectivity index (χ2v) is 5.43. The molecule has 0 fully saturated rings. The van der Waals surface area contributed by atoms with E-state index in [0.29, 0.717) is 23.6 Å². The molecule has 0 unspecified atom stereocenters. The van der Waals surface area contributed by atoms with Gasteiger partial charge in [-0.2, -0.15) is 0 Å². The van der Waals surface area contributed by atoms with E-state index in [-0.39, 0.29) is 5.91 Å². The summed E-state index contributed by atoms with van der Waals surface area (Å²) in [5.74, 6) is 0.395. The lowest BCUT2D eigenvalue weighted by Gasteiger charge is -2.03. The van der Waals surface area contributed by atoms with Crippen molar-refractivity contribution in [1.82, 2.24) is 10.5 Å². The number of halogens is 1. The van der Waals surface area contributed by atoms with E-state index in [2.05, 4.69) is 26.4 Å². The molecule has 2 aromatic heterocycles. The summed E-state index contributed by atoms with van der Waals surface area (Å²) >= 11 is 5.02. The molecule has 0 saturated carbocycles. The van der Waals surface area contributed by atoms with Crippen LogP contribution in [0.3, 0.4) is 0 Å². The Labute approximate surface area is 111 Å². The van der Waals surface area contributed by atoms with Gasteiger partial charge in [0.15, 0.2) is 0 Å². The summed E-state index contributed by atoms with van der Waals surface area (Å²) < 4.78 is 5.98. The number of aryl methyl sites for hydroxylation is 2. The topological polar surface area (TPSA) is 55.1 Å². The van der Waals surface area contributed by atoms with Gasteiger partial charge in [-0.3, -0.25) is 4.79 Å². The van der Waals surface area contributed by atoms with Gasteiger partial charge in [0, 0.05) is 9.35 Å². The van der Waals surface area contributed by atoms with Crippen molar-refractivity contribution in [3.05, 3.63) is 37.8 Å². The Balaban J connectivity index is 2.06. The van der Waals surface area contributed by atoms with Crippen LogP contribution in [0.5, 0.6) is 0 Å². The number of aromatic nitrogens is 1. The van der Waals surface area contributed by atoms with Crippen molar-refractivity contribution in [3.63, 3.8) is 0 Å². The molecular weight excluding hydrogens is 304 g/mol. The van der Waals surface area contributed by atoms with Crippen LogP contribution in [0.25, 0.3) is 0 Å². The minimum Gasteiger partial charge on any atom is -0.361 e. The van der Waals surface area contributed by atoms with Crippen molar-refractivity contribution in [3.8, 4) is 0 Å². The molecule has 17 heavy (non-hydrogen) atoms. The molecule has 0 atom stereocenters. The molecule has 0 aliphatic heterocycles. The Morgan fingerprint density at radius 2 is 2.35 bits per heavy atom. The van der Waals surface area contributed by atoms with Crippen molar-refractivity contribution in [2.75, 3.05) is 0 Å². The van der Waals surface area contributed by atoms with Crippen molar-refractivity contribution in [2.24, 2.45) is 0 Å². The summed E-state index contributed by atoms with van der Waals surface area (Å²) in [5.41, 5.74) is 1.14. The molecule has 0 saturated heterocycles. The summed E-state index contributed by atoms with van der Waals surface area (Å²) in [5, 5.41) is 8.58. The third-order valence-corrected chi connectivity index (χ3v) is 4.29. The van der Waals surface area contributed by atoms with Gasteiger partial charge in [-0.25, -0.2) is 0 Å². The van der Waals surface area contributed by atoms with Gasteiger partial charge < -0.3 is 9.84 Å². The van der Waals surface area contributed by atoms with E-state index < -0.39 is 0 Å². The minimum absolute atomic E-state index is 0.151.